The molecule has 0 radical (unpaired) electrons. The van der Waals surface area contributed by atoms with E-state index in [0.717, 1.165) is 0 Å². The Balaban J connectivity index is 2.36. The zero-order valence-electron chi connectivity index (χ0n) is 8.04. The van der Waals surface area contributed by atoms with Crippen molar-refractivity contribution in [3.63, 3.8) is 0 Å². The minimum Gasteiger partial charge on any atom is -0.475 e. The second kappa shape index (κ2) is 3.87. The van der Waals surface area contributed by atoms with E-state index < -0.39 is 5.97 Å². The molecule has 2 rings (SSSR count). The average molecular weight is 214 g/mol. The van der Waals surface area contributed by atoms with Gasteiger partial charge in [-0.25, -0.2) is 4.79 Å². The van der Waals surface area contributed by atoms with Gasteiger partial charge >= 0.3 is 5.97 Å². The van der Waals surface area contributed by atoms with Crippen LogP contribution in [0.4, 0.5) is 0 Å². The monoisotopic (exact) mass is 214 g/mol. The minimum atomic E-state index is -1.16. The van der Waals surface area contributed by atoms with E-state index in [-0.39, 0.29) is 5.76 Å². The predicted octanol–water partition coefficient (Wildman–Crippen LogP) is 1.91. The molecule has 0 bridgehead atoms. The summed E-state index contributed by atoms with van der Waals surface area (Å²) in [5, 5.41) is 20.9. The van der Waals surface area contributed by atoms with Crippen molar-refractivity contribution in [1.82, 2.24) is 5.16 Å². The Labute approximate surface area is 90.5 Å². The molecule has 0 saturated heterocycles. The molecule has 16 heavy (non-hydrogen) atoms. The molecule has 0 aliphatic carbocycles. The number of carboxylic acid groups (broad SMARTS) is 1. The van der Waals surface area contributed by atoms with Crippen LogP contribution in [-0.2, 0) is 0 Å². The third-order valence-corrected chi connectivity index (χ3v) is 2.03. The summed E-state index contributed by atoms with van der Waals surface area (Å²) in [6, 6.07) is 9.95. The highest BCUT2D eigenvalue weighted by Crippen LogP contribution is 2.19. The average Bonchev–Trinajstić information content (AvgIpc) is 2.78. The van der Waals surface area contributed by atoms with Gasteiger partial charge in [-0.15, -0.1) is 0 Å². The third kappa shape index (κ3) is 1.77. The van der Waals surface area contributed by atoms with Crippen molar-refractivity contribution in [1.29, 1.82) is 5.26 Å². The van der Waals surface area contributed by atoms with Crippen molar-refractivity contribution >= 4 is 5.97 Å². The smallest absolute Gasteiger partial charge is 0.374 e. The van der Waals surface area contributed by atoms with E-state index in [1.54, 1.807) is 24.3 Å². The van der Waals surface area contributed by atoms with Gasteiger partial charge in [0.2, 0.25) is 5.76 Å². The van der Waals surface area contributed by atoms with Crippen LogP contribution in [0, 0.1) is 11.3 Å². The molecular weight excluding hydrogens is 208 g/mol. The fraction of sp³-hybridized carbons (Fsp3) is 0. The molecule has 0 amide bonds. The SMILES string of the molecule is N#Cc1ccc(-c2cc(C(=O)O)on2)cc1. The van der Waals surface area contributed by atoms with E-state index in [0.29, 0.717) is 16.8 Å². The number of carbonyl (C=O) groups is 1. The number of aromatic carboxylic acids is 1. The van der Waals surface area contributed by atoms with E-state index in [9.17, 15) is 4.79 Å². The van der Waals surface area contributed by atoms with Gasteiger partial charge in [0.25, 0.3) is 0 Å². The van der Waals surface area contributed by atoms with E-state index in [2.05, 4.69) is 9.68 Å². The summed E-state index contributed by atoms with van der Waals surface area (Å²) >= 11 is 0. The van der Waals surface area contributed by atoms with Crippen LogP contribution in [0.1, 0.15) is 16.1 Å². The van der Waals surface area contributed by atoms with Gasteiger partial charge < -0.3 is 9.63 Å². The van der Waals surface area contributed by atoms with Crippen LogP contribution in [0.25, 0.3) is 11.3 Å². The molecular formula is C11H6N2O3. The lowest BCUT2D eigenvalue weighted by atomic mass is 10.1. The summed E-state index contributed by atoms with van der Waals surface area (Å²) in [4.78, 5) is 10.6. The third-order valence-electron chi connectivity index (χ3n) is 2.03. The zero-order chi connectivity index (χ0) is 11.5. The highest BCUT2D eigenvalue weighted by atomic mass is 16.5. The summed E-state index contributed by atoms with van der Waals surface area (Å²) in [5.41, 5.74) is 1.67. The maximum absolute atomic E-state index is 10.6. The van der Waals surface area contributed by atoms with Gasteiger partial charge in [0.1, 0.15) is 5.69 Å². The normalized spacial score (nSPS) is 9.69. The van der Waals surface area contributed by atoms with Crippen molar-refractivity contribution in [2.45, 2.75) is 0 Å². The van der Waals surface area contributed by atoms with Crippen molar-refractivity contribution in [2.75, 3.05) is 0 Å². The van der Waals surface area contributed by atoms with Gasteiger partial charge in [0.05, 0.1) is 11.6 Å². The van der Waals surface area contributed by atoms with Crippen LogP contribution in [0.5, 0.6) is 0 Å². The molecule has 1 aromatic carbocycles. The number of hydrogen-bond acceptors (Lipinski definition) is 4. The van der Waals surface area contributed by atoms with E-state index >= 15 is 0 Å². The molecule has 0 aliphatic rings. The molecule has 0 aliphatic heterocycles. The fourth-order valence-corrected chi connectivity index (χ4v) is 1.23. The van der Waals surface area contributed by atoms with Crippen LogP contribution < -0.4 is 0 Å². The Kier molecular flexibility index (Phi) is 2.40. The first-order valence-electron chi connectivity index (χ1n) is 4.41. The topological polar surface area (TPSA) is 87.1 Å². The number of hydrogen-bond donors (Lipinski definition) is 1. The maximum Gasteiger partial charge on any atom is 0.374 e. The van der Waals surface area contributed by atoms with Crippen LogP contribution >= 0.6 is 0 Å². The van der Waals surface area contributed by atoms with E-state index in [4.69, 9.17) is 10.4 Å². The van der Waals surface area contributed by atoms with Gasteiger partial charge in [-0.3, -0.25) is 0 Å². The largest absolute Gasteiger partial charge is 0.475 e. The van der Waals surface area contributed by atoms with Gasteiger partial charge in [0, 0.05) is 11.6 Å². The lowest BCUT2D eigenvalue weighted by Crippen LogP contribution is -1.91. The fourth-order valence-electron chi connectivity index (χ4n) is 1.23. The Morgan fingerprint density at radius 3 is 2.56 bits per heavy atom. The lowest BCUT2D eigenvalue weighted by molar-refractivity contribution is 0.0652. The van der Waals surface area contributed by atoms with Gasteiger partial charge in [0.15, 0.2) is 0 Å². The Hall–Kier alpha value is -2.61. The minimum absolute atomic E-state index is 0.209. The van der Waals surface area contributed by atoms with Crippen molar-refractivity contribution in [3.05, 3.63) is 41.7 Å². The number of nitriles is 1. The molecule has 0 spiro atoms. The molecule has 5 heteroatoms. The van der Waals surface area contributed by atoms with Crippen LogP contribution in [0.15, 0.2) is 34.9 Å². The Morgan fingerprint density at radius 1 is 1.38 bits per heavy atom. The standard InChI is InChI=1S/C11H6N2O3/c12-6-7-1-3-8(4-2-7)9-5-10(11(14)15)16-13-9/h1-5H,(H,14,15). The van der Waals surface area contributed by atoms with Crippen LogP contribution in [0.3, 0.4) is 0 Å². The zero-order valence-corrected chi connectivity index (χ0v) is 8.04. The van der Waals surface area contributed by atoms with E-state index in [1.807, 2.05) is 6.07 Å². The molecule has 5 nitrogen and oxygen atoms in total. The first kappa shape index (κ1) is 9.93. The van der Waals surface area contributed by atoms with Crippen LogP contribution in [0.2, 0.25) is 0 Å². The quantitative estimate of drug-likeness (QED) is 0.824. The number of carboxylic acids is 1. The summed E-state index contributed by atoms with van der Waals surface area (Å²) in [6.07, 6.45) is 0. The highest BCUT2D eigenvalue weighted by Gasteiger charge is 2.11. The molecule has 2 aromatic rings. The first-order chi connectivity index (χ1) is 7.70. The summed E-state index contributed by atoms with van der Waals surface area (Å²) in [7, 11) is 0. The van der Waals surface area contributed by atoms with E-state index in [1.165, 1.54) is 6.07 Å². The molecule has 0 unspecified atom stereocenters. The molecule has 0 fully saturated rings. The van der Waals surface area contributed by atoms with Crippen LogP contribution in [-0.4, -0.2) is 16.2 Å². The summed E-state index contributed by atoms with van der Waals surface area (Å²) in [6.45, 7) is 0. The molecule has 1 aromatic heterocycles. The van der Waals surface area contributed by atoms with Gasteiger partial charge in [-0.2, -0.15) is 5.26 Å². The highest BCUT2D eigenvalue weighted by molar-refractivity contribution is 5.85. The van der Waals surface area contributed by atoms with Crippen molar-refractivity contribution < 1.29 is 14.4 Å². The molecule has 0 saturated carbocycles. The lowest BCUT2D eigenvalue weighted by Gasteiger charge is -1.93. The number of aromatic nitrogens is 1. The number of nitrogens with zero attached hydrogens (tertiary/aromatic N) is 2. The molecule has 1 heterocycles. The molecule has 1 N–H and O–H groups in total. The van der Waals surface area contributed by atoms with Gasteiger partial charge in [-0.1, -0.05) is 17.3 Å². The summed E-state index contributed by atoms with van der Waals surface area (Å²) < 4.78 is 4.62. The Bertz CT molecular complexity index is 564. The first-order valence-corrected chi connectivity index (χ1v) is 4.41. The molecule has 0 atom stereocenters. The summed E-state index contributed by atoms with van der Waals surface area (Å²) in [5.74, 6) is -1.37. The van der Waals surface area contributed by atoms with Gasteiger partial charge in [-0.05, 0) is 12.1 Å². The second-order valence-electron chi connectivity index (χ2n) is 3.07. The molecule has 78 valence electrons. The number of benzene rings is 1. The second-order valence-corrected chi connectivity index (χ2v) is 3.07. The van der Waals surface area contributed by atoms with Crippen molar-refractivity contribution in [3.8, 4) is 17.3 Å². The Morgan fingerprint density at radius 2 is 2.06 bits per heavy atom. The maximum atomic E-state index is 10.6. The van der Waals surface area contributed by atoms with Crippen molar-refractivity contribution in [2.24, 2.45) is 0 Å². The number of rotatable bonds is 2. The predicted molar refractivity (Wildman–Crippen MR) is 53.6 cm³/mol.